The van der Waals surface area contributed by atoms with Gasteiger partial charge < -0.3 is 14.2 Å². The fourth-order valence-corrected chi connectivity index (χ4v) is 0.614. The maximum absolute atomic E-state index is 10.6. The van der Waals surface area contributed by atoms with Gasteiger partial charge >= 0.3 is 6.16 Å². The number of ether oxygens (including phenoxy) is 3. The first-order valence-electron chi connectivity index (χ1n) is 4.23. The van der Waals surface area contributed by atoms with E-state index in [0.717, 1.165) is 0 Å². The molecule has 0 aromatic heterocycles. The third-order valence-corrected chi connectivity index (χ3v) is 1.22. The standard InChI is InChI=1S/C9H18O4/c1-7(13-8(10)11-5)6-12-9(2,3)4/h7H,6H2,1-5H3. The molecule has 13 heavy (non-hydrogen) atoms. The van der Waals surface area contributed by atoms with Crippen LogP contribution >= 0.6 is 0 Å². The highest BCUT2D eigenvalue weighted by molar-refractivity contribution is 5.59. The third kappa shape index (κ3) is 7.59. The lowest BCUT2D eigenvalue weighted by Gasteiger charge is -2.22. The largest absolute Gasteiger partial charge is 0.508 e. The Hall–Kier alpha value is -0.770. The number of methoxy groups -OCH3 is 1. The fourth-order valence-electron chi connectivity index (χ4n) is 0.614. The van der Waals surface area contributed by atoms with Crippen molar-refractivity contribution in [3.05, 3.63) is 0 Å². The molecule has 0 saturated carbocycles. The highest BCUT2D eigenvalue weighted by atomic mass is 16.7. The van der Waals surface area contributed by atoms with Crippen LogP contribution in [0.3, 0.4) is 0 Å². The van der Waals surface area contributed by atoms with Crippen molar-refractivity contribution < 1.29 is 19.0 Å². The molecule has 0 amide bonds. The van der Waals surface area contributed by atoms with Crippen LogP contribution in [0.15, 0.2) is 0 Å². The Labute approximate surface area is 79.2 Å². The number of carbonyl (C=O) groups excluding carboxylic acids is 1. The van der Waals surface area contributed by atoms with Crippen molar-refractivity contribution in [3.63, 3.8) is 0 Å². The monoisotopic (exact) mass is 190 g/mol. The smallest absolute Gasteiger partial charge is 0.438 e. The van der Waals surface area contributed by atoms with Gasteiger partial charge in [0.05, 0.1) is 19.3 Å². The van der Waals surface area contributed by atoms with Crippen molar-refractivity contribution >= 4 is 6.16 Å². The Bertz CT molecular complexity index is 159. The molecule has 78 valence electrons. The summed E-state index contributed by atoms with van der Waals surface area (Å²) >= 11 is 0. The highest BCUT2D eigenvalue weighted by Gasteiger charge is 2.15. The van der Waals surface area contributed by atoms with Crippen molar-refractivity contribution in [2.45, 2.75) is 39.4 Å². The molecule has 0 aliphatic heterocycles. The summed E-state index contributed by atoms with van der Waals surface area (Å²) in [6.07, 6.45) is -0.961. The second kappa shape index (κ2) is 5.07. The van der Waals surface area contributed by atoms with Crippen molar-refractivity contribution in [1.29, 1.82) is 0 Å². The number of hydrogen-bond acceptors (Lipinski definition) is 4. The van der Waals surface area contributed by atoms with Crippen molar-refractivity contribution in [2.24, 2.45) is 0 Å². The van der Waals surface area contributed by atoms with E-state index in [0.29, 0.717) is 6.61 Å². The van der Waals surface area contributed by atoms with Gasteiger partial charge in [-0.1, -0.05) is 0 Å². The minimum absolute atomic E-state index is 0.215. The molecule has 1 atom stereocenters. The molecule has 0 N–H and O–H groups in total. The quantitative estimate of drug-likeness (QED) is 0.638. The normalized spacial score (nSPS) is 13.6. The van der Waals surface area contributed by atoms with Gasteiger partial charge in [0.1, 0.15) is 6.10 Å². The van der Waals surface area contributed by atoms with Crippen LogP contribution in [0.1, 0.15) is 27.7 Å². The van der Waals surface area contributed by atoms with Gasteiger partial charge in [0.2, 0.25) is 0 Å². The summed E-state index contributed by atoms with van der Waals surface area (Å²) in [5, 5.41) is 0. The molecular formula is C9H18O4. The molecule has 4 nitrogen and oxygen atoms in total. The van der Waals surface area contributed by atoms with E-state index in [1.807, 2.05) is 20.8 Å². The summed E-state index contributed by atoms with van der Waals surface area (Å²) in [6.45, 7) is 7.95. The van der Waals surface area contributed by atoms with Gasteiger partial charge in [0.15, 0.2) is 0 Å². The zero-order valence-corrected chi connectivity index (χ0v) is 8.92. The fraction of sp³-hybridized carbons (Fsp3) is 0.889. The lowest BCUT2D eigenvalue weighted by molar-refractivity contribution is -0.0576. The van der Waals surface area contributed by atoms with Gasteiger partial charge in [0.25, 0.3) is 0 Å². The Morgan fingerprint density at radius 2 is 1.92 bits per heavy atom. The number of rotatable bonds is 3. The highest BCUT2D eigenvalue weighted by Crippen LogP contribution is 2.08. The molecule has 0 aromatic rings. The third-order valence-electron chi connectivity index (χ3n) is 1.22. The van der Waals surface area contributed by atoms with E-state index < -0.39 is 6.16 Å². The van der Waals surface area contributed by atoms with Crippen molar-refractivity contribution in [3.8, 4) is 0 Å². The molecule has 0 radical (unpaired) electrons. The summed E-state index contributed by atoms with van der Waals surface area (Å²) in [4.78, 5) is 10.6. The molecular weight excluding hydrogens is 172 g/mol. The number of carbonyl (C=O) groups is 1. The summed E-state index contributed by atoms with van der Waals surface area (Å²) in [5.41, 5.74) is -0.215. The van der Waals surface area contributed by atoms with E-state index in [1.165, 1.54) is 7.11 Å². The van der Waals surface area contributed by atoms with Crippen LogP contribution in [0.4, 0.5) is 4.79 Å². The predicted octanol–water partition coefficient (Wildman–Crippen LogP) is 1.97. The van der Waals surface area contributed by atoms with E-state index in [2.05, 4.69) is 4.74 Å². The molecule has 4 heteroatoms. The summed E-state index contributed by atoms with van der Waals surface area (Å²) < 4.78 is 14.5. The van der Waals surface area contributed by atoms with E-state index in [1.54, 1.807) is 6.92 Å². The van der Waals surface area contributed by atoms with Crippen LogP contribution in [0.2, 0.25) is 0 Å². The minimum atomic E-state index is -0.676. The molecule has 1 unspecified atom stereocenters. The van der Waals surface area contributed by atoms with Crippen LogP contribution in [0.25, 0.3) is 0 Å². The second-order valence-electron chi connectivity index (χ2n) is 3.81. The molecule has 0 aliphatic carbocycles. The van der Waals surface area contributed by atoms with Gasteiger partial charge in [-0.2, -0.15) is 0 Å². The molecule has 0 bridgehead atoms. The second-order valence-corrected chi connectivity index (χ2v) is 3.81. The molecule has 0 fully saturated rings. The van der Waals surface area contributed by atoms with Crippen LogP contribution in [0, 0.1) is 0 Å². The minimum Gasteiger partial charge on any atom is -0.438 e. The zero-order chi connectivity index (χ0) is 10.5. The van der Waals surface area contributed by atoms with Crippen molar-refractivity contribution in [2.75, 3.05) is 13.7 Å². The number of hydrogen-bond donors (Lipinski definition) is 0. The topological polar surface area (TPSA) is 44.8 Å². The van der Waals surface area contributed by atoms with Crippen molar-refractivity contribution in [1.82, 2.24) is 0 Å². The van der Waals surface area contributed by atoms with E-state index in [9.17, 15) is 4.79 Å². The SMILES string of the molecule is COC(=O)OC(C)COC(C)(C)C. The maximum Gasteiger partial charge on any atom is 0.508 e. The van der Waals surface area contributed by atoms with Crippen LogP contribution in [-0.2, 0) is 14.2 Å². The van der Waals surface area contributed by atoms with Gasteiger partial charge in [-0.15, -0.1) is 0 Å². The molecule has 0 saturated heterocycles. The van der Waals surface area contributed by atoms with Crippen LogP contribution in [0.5, 0.6) is 0 Å². The average molecular weight is 190 g/mol. The maximum atomic E-state index is 10.6. The first-order chi connectivity index (χ1) is 5.85. The first-order valence-corrected chi connectivity index (χ1v) is 4.23. The van der Waals surface area contributed by atoms with Gasteiger partial charge in [-0.3, -0.25) is 0 Å². The summed E-state index contributed by atoms with van der Waals surface area (Å²) in [5.74, 6) is 0. The summed E-state index contributed by atoms with van der Waals surface area (Å²) in [7, 11) is 1.28. The van der Waals surface area contributed by atoms with Gasteiger partial charge in [-0.25, -0.2) is 4.79 Å². The molecule has 0 heterocycles. The van der Waals surface area contributed by atoms with Crippen LogP contribution < -0.4 is 0 Å². The predicted molar refractivity (Wildman–Crippen MR) is 48.7 cm³/mol. The average Bonchev–Trinajstić information content (AvgIpc) is 1.99. The Morgan fingerprint density at radius 3 is 2.31 bits per heavy atom. The van der Waals surface area contributed by atoms with E-state index in [4.69, 9.17) is 9.47 Å². The van der Waals surface area contributed by atoms with Gasteiger partial charge in [-0.05, 0) is 27.7 Å². The molecule has 0 rings (SSSR count). The van der Waals surface area contributed by atoms with E-state index >= 15 is 0 Å². The lowest BCUT2D eigenvalue weighted by Crippen LogP contribution is -2.27. The zero-order valence-electron chi connectivity index (χ0n) is 8.92. The molecule has 0 spiro atoms. The summed E-state index contributed by atoms with van der Waals surface area (Å²) in [6, 6.07) is 0. The van der Waals surface area contributed by atoms with Crippen LogP contribution in [-0.4, -0.2) is 31.6 Å². The van der Waals surface area contributed by atoms with E-state index in [-0.39, 0.29) is 11.7 Å². The Morgan fingerprint density at radius 1 is 1.38 bits per heavy atom. The van der Waals surface area contributed by atoms with Gasteiger partial charge in [0, 0.05) is 0 Å². The lowest BCUT2D eigenvalue weighted by atomic mass is 10.2. The molecule has 0 aliphatic rings. The first kappa shape index (κ1) is 12.2. The Balaban J connectivity index is 3.63. The Kier molecular flexibility index (Phi) is 4.77. The molecule has 0 aromatic carbocycles.